The van der Waals surface area contributed by atoms with Crippen LogP contribution in [-0.4, -0.2) is 15.2 Å². The van der Waals surface area contributed by atoms with Gasteiger partial charge in [0.1, 0.15) is 0 Å². The Kier molecular flexibility index (Phi) is 5.92. The molecule has 0 unspecified atom stereocenters. The van der Waals surface area contributed by atoms with E-state index in [1.165, 1.54) is 21.0 Å². The van der Waals surface area contributed by atoms with Crippen LogP contribution >= 0.6 is 0 Å². The molecule has 0 bridgehead atoms. The average molecular weight is 274 g/mol. The Morgan fingerprint density at radius 1 is 0.500 bits per heavy atom. The molecule has 0 amide bonds. The van der Waals surface area contributed by atoms with Gasteiger partial charge in [0.05, 0.1) is 0 Å². The molecule has 0 saturated carbocycles. The van der Waals surface area contributed by atoms with Crippen molar-refractivity contribution in [1.82, 2.24) is 0 Å². The van der Waals surface area contributed by atoms with Crippen molar-refractivity contribution in [3.63, 3.8) is 0 Å². The quantitative estimate of drug-likeness (QED) is 0.656. The first-order valence-corrected chi connectivity index (χ1v) is 7.67. The van der Waals surface area contributed by atoms with Crippen molar-refractivity contribution < 1.29 is 5.11 Å². The van der Waals surface area contributed by atoms with Crippen LogP contribution in [0.25, 0.3) is 0 Å². The zero-order valence-corrected chi connectivity index (χ0v) is 12.3. The van der Waals surface area contributed by atoms with Crippen LogP contribution < -0.4 is 14.0 Å². The van der Waals surface area contributed by atoms with Gasteiger partial charge < -0.3 is 5.11 Å². The third-order valence-electron chi connectivity index (χ3n) is 2.68. The Balaban J connectivity index is 0.000000178. The third-order valence-corrected chi connectivity index (χ3v) is 4.11. The molecule has 0 N–H and O–H groups in total. The zero-order chi connectivity index (χ0) is 14.0. The molecule has 0 atom stereocenters. The summed E-state index contributed by atoms with van der Waals surface area (Å²) in [6.07, 6.45) is 0. The van der Waals surface area contributed by atoms with Crippen molar-refractivity contribution in [2.24, 2.45) is 0 Å². The molecule has 1 nitrogen and oxygen atoms in total. The first kappa shape index (κ1) is 14.4. The minimum atomic E-state index is 0.0718. The van der Waals surface area contributed by atoms with Crippen molar-refractivity contribution >= 4 is 24.1 Å². The second-order valence-electron chi connectivity index (χ2n) is 4.28. The molecule has 0 aromatic heterocycles. The number of rotatable bonds is 2. The molecular weight excluding hydrogens is 259 g/mol. The van der Waals surface area contributed by atoms with Crippen molar-refractivity contribution in [1.29, 1.82) is 0 Å². The number of hydrogen-bond acceptors (Lipinski definition) is 1. The summed E-state index contributed by atoms with van der Waals surface area (Å²) in [5.41, 5.74) is 0. The molecular formula is C18H15AlO. The fourth-order valence-electron chi connectivity index (χ4n) is 1.71. The number of hydrogen-bond donors (Lipinski definition) is 0. The summed E-state index contributed by atoms with van der Waals surface area (Å²) in [5.74, 6) is 0.0718. The van der Waals surface area contributed by atoms with Crippen LogP contribution in [0, 0.1) is 0 Å². The van der Waals surface area contributed by atoms with Crippen LogP contribution in [0.4, 0.5) is 0 Å². The van der Waals surface area contributed by atoms with E-state index in [-0.39, 0.29) is 21.0 Å². The molecule has 0 spiro atoms. The molecule has 0 saturated heterocycles. The van der Waals surface area contributed by atoms with Gasteiger partial charge in [0.2, 0.25) is 0 Å². The van der Waals surface area contributed by atoms with Crippen molar-refractivity contribution in [3.8, 4) is 5.75 Å². The summed E-state index contributed by atoms with van der Waals surface area (Å²) < 4.78 is 2.90. The molecule has 3 aromatic carbocycles. The fourth-order valence-corrected chi connectivity index (χ4v) is 2.93. The normalized spacial score (nSPS) is 9.00. The Labute approximate surface area is 126 Å². The molecule has 3 aromatic rings. The van der Waals surface area contributed by atoms with Gasteiger partial charge in [0, 0.05) is 0 Å². The van der Waals surface area contributed by atoms with E-state index in [4.69, 9.17) is 0 Å². The van der Waals surface area contributed by atoms with Crippen molar-refractivity contribution in [2.45, 2.75) is 0 Å². The summed E-state index contributed by atoms with van der Waals surface area (Å²) in [7, 11) is 0. The SMILES string of the molecule is [O-]c1ccccc1.c1cc[c]([Al+][c]2ccccc2)cc1. The van der Waals surface area contributed by atoms with E-state index in [1.54, 1.807) is 12.1 Å². The van der Waals surface area contributed by atoms with Crippen LogP contribution in [0.3, 0.4) is 0 Å². The molecule has 96 valence electrons. The van der Waals surface area contributed by atoms with E-state index in [0.717, 1.165) is 0 Å². The van der Waals surface area contributed by atoms with Crippen LogP contribution in [0.1, 0.15) is 0 Å². The van der Waals surface area contributed by atoms with E-state index < -0.39 is 0 Å². The second-order valence-corrected chi connectivity index (χ2v) is 5.90. The molecule has 0 heterocycles. The first-order chi connectivity index (χ1) is 9.84. The molecule has 2 heteroatoms. The van der Waals surface area contributed by atoms with Gasteiger partial charge >= 0.3 is 84.7 Å². The van der Waals surface area contributed by atoms with Crippen LogP contribution in [0.15, 0.2) is 91.0 Å². The van der Waals surface area contributed by atoms with Crippen LogP contribution in [0.5, 0.6) is 5.75 Å². The molecule has 0 aliphatic carbocycles. The van der Waals surface area contributed by atoms with Gasteiger partial charge in [0.25, 0.3) is 0 Å². The summed E-state index contributed by atoms with van der Waals surface area (Å²) >= 11 is 0.271. The summed E-state index contributed by atoms with van der Waals surface area (Å²) in [5, 5.41) is 10.3. The Morgan fingerprint density at radius 2 is 0.850 bits per heavy atom. The van der Waals surface area contributed by atoms with E-state index in [9.17, 15) is 5.11 Å². The third kappa shape index (κ3) is 5.32. The molecule has 0 aliphatic heterocycles. The van der Waals surface area contributed by atoms with E-state index >= 15 is 0 Å². The van der Waals surface area contributed by atoms with E-state index in [1.807, 2.05) is 6.07 Å². The van der Waals surface area contributed by atoms with E-state index in [2.05, 4.69) is 60.7 Å². The van der Waals surface area contributed by atoms with Gasteiger partial charge in [-0.3, -0.25) is 0 Å². The summed E-state index contributed by atoms with van der Waals surface area (Å²) in [6.45, 7) is 0. The van der Waals surface area contributed by atoms with Gasteiger partial charge in [-0.05, 0) is 0 Å². The fraction of sp³-hybridized carbons (Fsp3) is 0. The van der Waals surface area contributed by atoms with Crippen molar-refractivity contribution in [3.05, 3.63) is 91.0 Å². The van der Waals surface area contributed by atoms with Gasteiger partial charge in [-0.2, -0.15) is 0 Å². The molecule has 0 radical (unpaired) electrons. The zero-order valence-electron chi connectivity index (χ0n) is 11.1. The maximum atomic E-state index is 10.3. The topological polar surface area (TPSA) is 23.1 Å². The minimum absolute atomic E-state index is 0.0718. The van der Waals surface area contributed by atoms with Gasteiger partial charge in [-0.15, -0.1) is 5.75 Å². The van der Waals surface area contributed by atoms with Crippen molar-refractivity contribution in [2.75, 3.05) is 0 Å². The van der Waals surface area contributed by atoms with Gasteiger partial charge in [-0.25, -0.2) is 0 Å². The monoisotopic (exact) mass is 274 g/mol. The summed E-state index contributed by atoms with van der Waals surface area (Å²) in [6, 6.07) is 29.6. The molecule has 3 rings (SSSR count). The molecule has 0 aliphatic rings. The predicted molar refractivity (Wildman–Crippen MR) is 83.8 cm³/mol. The van der Waals surface area contributed by atoms with Crippen LogP contribution in [-0.2, 0) is 0 Å². The predicted octanol–water partition coefficient (Wildman–Crippen LogP) is 2.10. The van der Waals surface area contributed by atoms with Gasteiger partial charge in [-0.1, -0.05) is 30.3 Å². The Morgan fingerprint density at radius 3 is 1.15 bits per heavy atom. The Bertz CT molecular complexity index is 557. The molecule has 20 heavy (non-hydrogen) atoms. The maximum absolute atomic E-state index is 10.3. The standard InChI is InChI=1S/C6H6O.2C6H5.Al/c7-6-4-2-1-3-5-6;2*1-2-4-6-5-3-1;/h1-5,7H;2*1-5H;/q;;;+1/p-1. The van der Waals surface area contributed by atoms with E-state index in [0.29, 0.717) is 0 Å². The Hall–Kier alpha value is -2.01. The first-order valence-electron chi connectivity index (χ1n) is 6.51. The van der Waals surface area contributed by atoms with Gasteiger partial charge in [0.15, 0.2) is 0 Å². The van der Waals surface area contributed by atoms with Crippen LogP contribution in [0.2, 0.25) is 0 Å². The summed E-state index contributed by atoms with van der Waals surface area (Å²) in [4.78, 5) is 0. The average Bonchev–Trinajstić information content (AvgIpc) is 2.51. The number of benzene rings is 3. The second kappa shape index (κ2) is 8.22. The number of para-hydroxylation sites is 1. The molecule has 0 fully saturated rings.